The molecule has 0 aliphatic carbocycles. The van der Waals surface area contributed by atoms with Gasteiger partial charge in [0.05, 0.1) is 0 Å². The van der Waals surface area contributed by atoms with Gasteiger partial charge in [-0.1, -0.05) is 59.6 Å². The molecular weight excluding hydrogens is 369 g/mol. The Bertz CT molecular complexity index is 747. The van der Waals surface area contributed by atoms with E-state index in [0.717, 1.165) is 11.1 Å². The van der Waals surface area contributed by atoms with Crippen LogP contribution in [0, 0.1) is 0 Å². The fourth-order valence-corrected chi connectivity index (χ4v) is 2.57. The Morgan fingerprint density at radius 2 is 1.58 bits per heavy atom. The maximum Gasteiger partial charge on any atom is 0.407 e. The molecule has 1 amide bonds. The van der Waals surface area contributed by atoms with Crippen molar-refractivity contribution >= 4 is 35.4 Å². The van der Waals surface area contributed by atoms with Gasteiger partial charge in [-0.25, -0.2) is 4.79 Å². The highest BCUT2D eigenvalue weighted by molar-refractivity contribution is 6.30. The molecule has 0 saturated carbocycles. The third kappa shape index (κ3) is 7.11. The highest BCUT2D eigenvalue weighted by Crippen LogP contribution is 2.21. The molecule has 3 nitrogen and oxygen atoms in total. The summed E-state index contributed by atoms with van der Waals surface area (Å²) >= 11 is 11.9. The second kappa shape index (κ2) is 9.11. The molecule has 0 fully saturated rings. The van der Waals surface area contributed by atoms with E-state index in [0.29, 0.717) is 16.6 Å². The summed E-state index contributed by atoms with van der Waals surface area (Å²) in [5.74, 6) is -0.0181. The van der Waals surface area contributed by atoms with Gasteiger partial charge in [-0.05, 0) is 56.2 Å². The molecule has 138 valence electrons. The van der Waals surface area contributed by atoms with Gasteiger partial charge in [0.15, 0.2) is 0 Å². The minimum Gasteiger partial charge on any atom is -0.444 e. The lowest BCUT2D eigenvalue weighted by molar-refractivity contribution is 0.0526. The molecule has 0 aliphatic heterocycles. The minimum atomic E-state index is -0.529. The third-order valence-electron chi connectivity index (χ3n) is 3.55. The predicted octanol–water partition coefficient (Wildman–Crippen LogP) is 6.32. The number of rotatable bonds is 5. The predicted molar refractivity (Wildman–Crippen MR) is 109 cm³/mol. The molecule has 1 atom stereocenters. The molecule has 2 rings (SSSR count). The summed E-state index contributed by atoms with van der Waals surface area (Å²) in [6, 6.07) is 15.2. The fraction of sp³-hybridized carbons (Fsp3) is 0.286. The Hall–Kier alpha value is -1.97. The average Bonchev–Trinajstić information content (AvgIpc) is 2.56. The number of hydrogen-bond acceptors (Lipinski definition) is 2. The molecule has 2 aromatic rings. The smallest absolute Gasteiger partial charge is 0.407 e. The van der Waals surface area contributed by atoms with Crippen molar-refractivity contribution in [1.82, 2.24) is 5.32 Å². The molecule has 5 heteroatoms. The maximum atomic E-state index is 12.0. The highest BCUT2D eigenvalue weighted by atomic mass is 35.5. The molecule has 2 aromatic carbocycles. The van der Waals surface area contributed by atoms with Gasteiger partial charge in [0, 0.05) is 22.5 Å². The van der Waals surface area contributed by atoms with E-state index >= 15 is 0 Å². The van der Waals surface area contributed by atoms with E-state index in [2.05, 4.69) is 5.32 Å². The van der Waals surface area contributed by atoms with Gasteiger partial charge >= 0.3 is 6.09 Å². The monoisotopic (exact) mass is 391 g/mol. The number of ether oxygens (including phenoxy) is 1. The average molecular weight is 392 g/mol. The molecule has 0 bridgehead atoms. The zero-order valence-corrected chi connectivity index (χ0v) is 16.6. The van der Waals surface area contributed by atoms with E-state index in [1.165, 1.54) is 0 Å². The van der Waals surface area contributed by atoms with Gasteiger partial charge in [-0.3, -0.25) is 0 Å². The number of hydrogen-bond donors (Lipinski definition) is 1. The molecule has 0 unspecified atom stereocenters. The fourth-order valence-electron chi connectivity index (χ4n) is 2.32. The summed E-state index contributed by atoms with van der Waals surface area (Å²) in [4.78, 5) is 12.0. The van der Waals surface area contributed by atoms with Crippen molar-refractivity contribution < 1.29 is 9.53 Å². The van der Waals surface area contributed by atoms with Gasteiger partial charge in [0.1, 0.15) is 5.60 Å². The normalized spacial score (nSPS) is 12.8. The number of alkyl carbamates (subject to hydrolysis) is 1. The number of amides is 1. The van der Waals surface area contributed by atoms with Gasteiger partial charge in [-0.2, -0.15) is 0 Å². The van der Waals surface area contributed by atoms with E-state index < -0.39 is 11.7 Å². The van der Waals surface area contributed by atoms with Crippen LogP contribution in [0.1, 0.15) is 37.8 Å². The Morgan fingerprint density at radius 3 is 2.12 bits per heavy atom. The van der Waals surface area contributed by atoms with Crippen LogP contribution in [0.5, 0.6) is 0 Å². The first-order chi connectivity index (χ1) is 12.2. The zero-order chi connectivity index (χ0) is 19.2. The van der Waals surface area contributed by atoms with E-state index in [1.54, 1.807) is 0 Å². The quantitative estimate of drug-likeness (QED) is 0.647. The second-order valence-corrected chi connectivity index (χ2v) is 7.82. The Labute approximate surface area is 165 Å². The first kappa shape index (κ1) is 20.3. The largest absolute Gasteiger partial charge is 0.444 e. The van der Waals surface area contributed by atoms with Gasteiger partial charge in [0.2, 0.25) is 0 Å². The van der Waals surface area contributed by atoms with Crippen molar-refractivity contribution in [2.45, 2.75) is 32.3 Å². The van der Waals surface area contributed by atoms with E-state index in [1.807, 2.05) is 81.5 Å². The summed E-state index contributed by atoms with van der Waals surface area (Å²) in [7, 11) is 0. The molecule has 0 saturated heterocycles. The lowest BCUT2D eigenvalue weighted by Gasteiger charge is -2.21. The lowest BCUT2D eigenvalue weighted by Crippen LogP contribution is -2.34. The molecule has 26 heavy (non-hydrogen) atoms. The Morgan fingerprint density at radius 1 is 1.04 bits per heavy atom. The molecule has 0 aliphatic rings. The summed E-state index contributed by atoms with van der Waals surface area (Å²) in [5, 5.41) is 4.20. The first-order valence-electron chi connectivity index (χ1n) is 8.39. The van der Waals surface area contributed by atoms with Crippen LogP contribution in [0.2, 0.25) is 10.0 Å². The zero-order valence-electron chi connectivity index (χ0n) is 15.1. The van der Waals surface area contributed by atoms with Crippen molar-refractivity contribution in [2.75, 3.05) is 6.54 Å². The van der Waals surface area contributed by atoms with Crippen LogP contribution in [0.25, 0.3) is 6.08 Å². The molecule has 0 aromatic heterocycles. The van der Waals surface area contributed by atoms with Crippen LogP contribution in [-0.4, -0.2) is 18.2 Å². The van der Waals surface area contributed by atoms with E-state index in [4.69, 9.17) is 27.9 Å². The van der Waals surface area contributed by atoms with Crippen LogP contribution in [0.15, 0.2) is 54.6 Å². The van der Waals surface area contributed by atoms with Gasteiger partial charge in [0.25, 0.3) is 0 Å². The van der Waals surface area contributed by atoms with Gasteiger partial charge < -0.3 is 10.1 Å². The summed E-state index contributed by atoms with van der Waals surface area (Å²) in [6.07, 6.45) is 3.62. The van der Waals surface area contributed by atoms with Crippen molar-refractivity contribution in [1.29, 1.82) is 0 Å². The van der Waals surface area contributed by atoms with E-state index in [9.17, 15) is 4.79 Å². The topological polar surface area (TPSA) is 38.3 Å². The Balaban J connectivity index is 2.12. The van der Waals surface area contributed by atoms with Crippen LogP contribution < -0.4 is 5.32 Å². The van der Waals surface area contributed by atoms with Crippen molar-refractivity contribution in [3.63, 3.8) is 0 Å². The Kier molecular flexibility index (Phi) is 7.13. The number of benzene rings is 2. The van der Waals surface area contributed by atoms with Gasteiger partial charge in [-0.15, -0.1) is 0 Å². The van der Waals surface area contributed by atoms with Crippen LogP contribution in [0.3, 0.4) is 0 Å². The standard InChI is InChI=1S/C21H23Cl2NO2/c1-21(2,3)26-20(25)24-14-17(16-8-12-19(23)13-9-16)7-4-15-5-10-18(22)11-6-15/h4-13,17H,14H2,1-3H3,(H,24,25)/b7-4+/t17-/m0/s1. The molecule has 0 spiro atoms. The highest BCUT2D eigenvalue weighted by Gasteiger charge is 2.17. The minimum absolute atomic E-state index is 0.0181. The SMILES string of the molecule is CC(C)(C)OC(=O)NC[C@H](/C=C/c1ccc(Cl)cc1)c1ccc(Cl)cc1. The summed E-state index contributed by atoms with van der Waals surface area (Å²) in [5.41, 5.74) is 1.56. The number of carbonyl (C=O) groups excluding carboxylic acids is 1. The molecule has 0 heterocycles. The molecular formula is C21H23Cl2NO2. The first-order valence-corrected chi connectivity index (χ1v) is 9.14. The number of halogens is 2. The van der Waals surface area contributed by atoms with Crippen molar-refractivity contribution in [3.05, 3.63) is 75.8 Å². The van der Waals surface area contributed by atoms with Crippen molar-refractivity contribution in [3.8, 4) is 0 Å². The van der Waals surface area contributed by atoms with Crippen LogP contribution in [-0.2, 0) is 4.74 Å². The second-order valence-electron chi connectivity index (χ2n) is 6.95. The van der Waals surface area contributed by atoms with Crippen molar-refractivity contribution in [2.24, 2.45) is 0 Å². The number of nitrogens with one attached hydrogen (secondary N) is 1. The maximum absolute atomic E-state index is 12.0. The van der Waals surface area contributed by atoms with E-state index in [-0.39, 0.29) is 5.92 Å². The number of carbonyl (C=O) groups is 1. The lowest BCUT2D eigenvalue weighted by atomic mass is 9.97. The third-order valence-corrected chi connectivity index (χ3v) is 4.06. The summed E-state index contributed by atoms with van der Waals surface area (Å²) < 4.78 is 5.31. The van der Waals surface area contributed by atoms with Crippen LogP contribution >= 0.6 is 23.2 Å². The van der Waals surface area contributed by atoms with Crippen LogP contribution in [0.4, 0.5) is 4.79 Å². The molecule has 1 N–H and O–H groups in total. The summed E-state index contributed by atoms with van der Waals surface area (Å²) in [6.45, 7) is 5.93. The molecule has 0 radical (unpaired) electrons.